The molecule has 2 unspecified atom stereocenters. The number of fused-ring (bicyclic) bond motifs is 2. The van der Waals surface area contributed by atoms with Gasteiger partial charge in [0.05, 0.1) is 13.2 Å². The van der Waals surface area contributed by atoms with Crippen molar-refractivity contribution in [3.63, 3.8) is 0 Å². The van der Waals surface area contributed by atoms with Crippen molar-refractivity contribution in [2.45, 2.75) is 19.3 Å². The second-order valence-corrected chi connectivity index (χ2v) is 5.46. The number of rotatable bonds is 2. The fourth-order valence-electron chi connectivity index (χ4n) is 3.18. The average molecular weight is 281 g/mol. The van der Waals surface area contributed by atoms with Gasteiger partial charge in [-0.1, -0.05) is 6.07 Å². The van der Waals surface area contributed by atoms with Crippen molar-refractivity contribution >= 4 is 18.3 Å². The van der Waals surface area contributed by atoms with Gasteiger partial charge in [0, 0.05) is 24.7 Å². The van der Waals surface area contributed by atoms with Crippen LogP contribution in [-0.4, -0.2) is 25.0 Å². The molecule has 19 heavy (non-hydrogen) atoms. The molecule has 1 aliphatic carbocycles. The highest BCUT2D eigenvalue weighted by Gasteiger charge is 2.53. The fraction of sp³-hybridized carbons (Fsp3) is 0.500. The summed E-state index contributed by atoms with van der Waals surface area (Å²) in [6, 6.07) is 6.27. The third-order valence-corrected chi connectivity index (χ3v) is 4.37. The zero-order valence-corrected chi connectivity index (χ0v) is 11.3. The van der Waals surface area contributed by atoms with Crippen LogP contribution >= 0.6 is 12.4 Å². The molecule has 1 aromatic rings. The standard InChI is InChI=1S/C14H16N2O2.ClH/c17-14(16-13-11-4-15-5-12(11)13)8-1-2-9-6-18-7-10(9)3-8;/h1-3,11-13,15H,4-7H2,(H,16,17);1H. The molecule has 0 spiro atoms. The Kier molecular flexibility index (Phi) is 3.25. The molecular weight excluding hydrogens is 264 g/mol. The smallest absolute Gasteiger partial charge is 0.251 e. The summed E-state index contributed by atoms with van der Waals surface area (Å²) >= 11 is 0. The molecule has 1 saturated carbocycles. The van der Waals surface area contributed by atoms with Crippen LogP contribution < -0.4 is 10.6 Å². The quantitative estimate of drug-likeness (QED) is 0.853. The molecule has 3 aliphatic rings. The zero-order chi connectivity index (χ0) is 12.1. The number of halogens is 1. The van der Waals surface area contributed by atoms with Gasteiger partial charge in [0.2, 0.25) is 0 Å². The number of hydrogen-bond acceptors (Lipinski definition) is 3. The molecule has 4 rings (SSSR count). The Bertz CT molecular complexity index is 510. The molecule has 1 amide bonds. The van der Waals surface area contributed by atoms with E-state index in [1.54, 1.807) is 0 Å². The van der Waals surface area contributed by atoms with Gasteiger partial charge in [-0.2, -0.15) is 0 Å². The van der Waals surface area contributed by atoms with Crippen molar-refractivity contribution in [1.29, 1.82) is 0 Å². The number of amides is 1. The molecular formula is C14H17ClN2O2. The number of carbonyl (C=O) groups is 1. The third kappa shape index (κ3) is 2.14. The van der Waals surface area contributed by atoms with E-state index in [1.807, 2.05) is 18.2 Å². The van der Waals surface area contributed by atoms with Gasteiger partial charge >= 0.3 is 0 Å². The first-order valence-corrected chi connectivity index (χ1v) is 6.54. The lowest BCUT2D eigenvalue weighted by molar-refractivity contribution is 0.0946. The van der Waals surface area contributed by atoms with Gasteiger partial charge < -0.3 is 15.4 Å². The summed E-state index contributed by atoms with van der Waals surface area (Å²) in [6.07, 6.45) is 0. The Morgan fingerprint density at radius 1 is 1.21 bits per heavy atom. The Morgan fingerprint density at radius 2 is 1.95 bits per heavy atom. The lowest BCUT2D eigenvalue weighted by Crippen LogP contribution is -2.32. The summed E-state index contributed by atoms with van der Waals surface area (Å²) in [7, 11) is 0. The van der Waals surface area contributed by atoms with E-state index in [4.69, 9.17) is 4.74 Å². The molecule has 5 heteroatoms. The van der Waals surface area contributed by atoms with E-state index in [0.717, 1.165) is 24.2 Å². The first-order valence-electron chi connectivity index (χ1n) is 6.54. The molecule has 4 nitrogen and oxygen atoms in total. The lowest BCUT2D eigenvalue weighted by atomic mass is 10.1. The summed E-state index contributed by atoms with van der Waals surface area (Å²) in [5.74, 6) is 1.38. The Balaban J connectivity index is 0.00000110. The van der Waals surface area contributed by atoms with Crippen LogP contribution in [0.1, 0.15) is 21.5 Å². The second-order valence-electron chi connectivity index (χ2n) is 5.46. The average Bonchev–Trinajstić information content (AvgIpc) is 2.82. The molecule has 2 heterocycles. The highest BCUT2D eigenvalue weighted by Crippen LogP contribution is 2.41. The SMILES string of the molecule is Cl.O=C(NC1C2CNCC21)c1ccc2c(c1)COC2. The molecule has 2 N–H and O–H groups in total. The number of benzene rings is 1. The summed E-state index contributed by atoms with van der Waals surface area (Å²) in [4.78, 5) is 12.2. The van der Waals surface area contributed by atoms with E-state index < -0.39 is 0 Å². The second kappa shape index (κ2) is 4.78. The van der Waals surface area contributed by atoms with E-state index >= 15 is 0 Å². The minimum absolute atomic E-state index is 0. The first-order chi connectivity index (χ1) is 8.83. The van der Waals surface area contributed by atoms with Gasteiger partial charge in [-0.05, 0) is 35.1 Å². The molecule has 0 aromatic heterocycles. The van der Waals surface area contributed by atoms with Crippen molar-refractivity contribution in [1.82, 2.24) is 10.6 Å². The minimum Gasteiger partial charge on any atom is -0.372 e. The molecule has 1 saturated heterocycles. The normalized spacial score (nSPS) is 30.2. The van der Waals surface area contributed by atoms with E-state index in [-0.39, 0.29) is 18.3 Å². The maximum Gasteiger partial charge on any atom is 0.251 e. The van der Waals surface area contributed by atoms with Gasteiger partial charge in [-0.3, -0.25) is 4.79 Å². The van der Waals surface area contributed by atoms with Crippen LogP contribution in [0, 0.1) is 11.8 Å². The Hall–Kier alpha value is -1.10. The lowest BCUT2D eigenvalue weighted by Gasteiger charge is -2.08. The maximum absolute atomic E-state index is 12.2. The minimum atomic E-state index is 0. The van der Waals surface area contributed by atoms with Gasteiger partial charge in [0.1, 0.15) is 0 Å². The summed E-state index contributed by atoms with van der Waals surface area (Å²) in [5.41, 5.74) is 3.12. The van der Waals surface area contributed by atoms with Crippen LogP contribution in [0.25, 0.3) is 0 Å². The summed E-state index contributed by atoms with van der Waals surface area (Å²) < 4.78 is 5.36. The molecule has 102 valence electrons. The molecule has 0 bridgehead atoms. The van der Waals surface area contributed by atoms with Crippen LogP contribution in [-0.2, 0) is 18.0 Å². The molecule has 1 aromatic carbocycles. The van der Waals surface area contributed by atoms with Crippen LogP contribution in [0.3, 0.4) is 0 Å². The van der Waals surface area contributed by atoms with Crippen LogP contribution in [0.2, 0.25) is 0 Å². The summed E-state index contributed by atoms with van der Waals surface area (Å²) in [5, 5.41) is 6.47. The van der Waals surface area contributed by atoms with Crippen LogP contribution in [0.15, 0.2) is 18.2 Å². The molecule has 0 radical (unpaired) electrons. The fourth-order valence-corrected chi connectivity index (χ4v) is 3.18. The van der Waals surface area contributed by atoms with Crippen molar-refractivity contribution in [2.75, 3.05) is 13.1 Å². The van der Waals surface area contributed by atoms with Gasteiger partial charge in [0.15, 0.2) is 0 Å². The van der Waals surface area contributed by atoms with E-state index in [0.29, 0.717) is 31.1 Å². The molecule has 2 aliphatic heterocycles. The number of piperidine rings is 1. The first kappa shape index (κ1) is 12.9. The zero-order valence-electron chi connectivity index (χ0n) is 10.5. The van der Waals surface area contributed by atoms with Gasteiger partial charge in [-0.15, -0.1) is 12.4 Å². The largest absolute Gasteiger partial charge is 0.372 e. The highest BCUT2D eigenvalue weighted by molar-refractivity contribution is 5.95. The monoisotopic (exact) mass is 280 g/mol. The number of ether oxygens (including phenoxy) is 1. The predicted octanol–water partition coefficient (Wildman–Crippen LogP) is 1.09. The van der Waals surface area contributed by atoms with E-state index in [9.17, 15) is 4.79 Å². The van der Waals surface area contributed by atoms with E-state index in [1.165, 1.54) is 5.56 Å². The summed E-state index contributed by atoms with van der Waals surface area (Å²) in [6.45, 7) is 3.41. The highest BCUT2D eigenvalue weighted by atomic mass is 35.5. The molecule has 2 atom stereocenters. The van der Waals surface area contributed by atoms with Crippen molar-refractivity contribution in [2.24, 2.45) is 11.8 Å². The Morgan fingerprint density at radius 3 is 2.74 bits per heavy atom. The predicted molar refractivity (Wildman–Crippen MR) is 73.3 cm³/mol. The maximum atomic E-state index is 12.2. The topological polar surface area (TPSA) is 50.4 Å². The number of carbonyl (C=O) groups excluding carboxylic acids is 1. The van der Waals surface area contributed by atoms with Crippen LogP contribution in [0.4, 0.5) is 0 Å². The number of nitrogens with one attached hydrogen (secondary N) is 2. The van der Waals surface area contributed by atoms with Gasteiger partial charge in [-0.25, -0.2) is 0 Å². The third-order valence-electron chi connectivity index (χ3n) is 4.37. The number of hydrogen-bond donors (Lipinski definition) is 2. The molecule has 2 fully saturated rings. The van der Waals surface area contributed by atoms with Crippen LogP contribution in [0.5, 0.6) is 0 Å². The van der Waals surface area contributed by atoms with Gasteiger partial charge in [0.25, 0.3) is 5.91 Å². The van der Waals surface area contributed by atoms with Crippen molar-refractivity contribution in [3.05, 3.63) is 34.9 Å². The Labute approximate surface area is 118 Å². The van der Waals surface area contributed by atoms with Crippen molar-refractivity contribution in [3.8, 4) is 0 Å². The van der Waals surface area contributed by atoms with Crippen molar-refractivity contribution < 1.29 is 9.53 Å². The van der Waals surface area contributed by atoms with E-state index in [2.05, 4.69) is 10.6 Å².